The first-order chi connectivity index (χ1) is 6.88. The van der Waals surface area contributed by atoms with Crippen LogP contribution in [0, 0.1) is 5.92 Å². The molecule has 0 amide bonds. The summed E-state index contributed by atoms with van der Waals surface area (Å²) in [6, 6.07) is 0.190. The number of hydrogen-bond acceptors (Lipinski definition) is 3. The maximum Gasteiger partial charge on any atom is 0.0962 e. The summed E-state index contributed by atoms with van der Waals surface area (Å²) in [6.07, 6.45) is 6.76. The fourth-order valence-electron chi connectivity index (χ4n) is 2.55. The molecule has 0 aromatic carbocycles. The molecule has 0 radical (unpaired) electrons. The van der Waals surface area contributed by atoms with Crippen LogP contribution in [0.4, 0.5) is 0 Å². The molecule has 2 atom stereocenters. The maximum atomic E-state index is 6.22. The Morgan fingerprint density at radius 1 is 1.07 bits per heavy atom. The van der Waals surface area contributed by atoms with Gasteiger partial charge in [-0.1, -0.05) is 19.3 Å². The van der Waals surface area contributed by atoms with Crippen LogP contribution in [-0.2, 0) is 9.47 Å². The van der Waals surface area contributed by atoms with E-state index in [1.54, 1.807) is 0 Å². The Balaban J connectivity index is 1.82. The van der Waals surface area contributed by atoms with Gasteiger partial charge in [-0.15, -0.1) is 0 Å². The molecule has 0 aromatic heterocycles. The molecule has 0 spiro atoms. The van der Waals surface area contributed by atoms with Gasteiger partial charge < -0.3 is 15.2 Å². The van der Waals surface area contributed by atoms with Crippen LogP contribution in [-0.4, -0.2) is 32.0 Å². The summed E-state index contributed by atoms with van der Waals surface area (Å²) in [5, 5.41) is 0. The van der Waals surface area contributed by atoms with Crippen molar-refractivity contribution in [1.29, 1.82) is 0 Å². The van der Waals surface area contributed by atoms with E-state index < -0.39 is 0 Å². The highest BCUT2D eigenvalue weighted by Gasteiger charge is 2.29. The Labute approximate surface area is 85.9 Å². The average Bonchev–Trinajstić information content (AvgIpc) is 2.30. The predicted molar refractivity (Wildman–Crippen MR) is 55.1 cm³/mol. The molecule has 2 fully saturated rings. The van der Waals surface area contributed by atoms with Crippen molar-refractivity contribution in [1.82, 2.24) is 0 Å². The number of hydrogen-bond donors (Lipinski definition) is 1. The molecule has 2 unspecified atom stereocenters. The summed E-state index contributed by atoms with van der Waals surface area (Å²) >= 11 is 0. The maximum absolute atomic E-state index is 6.22. The van der Waals surface area contributed by atoms with Gasteiger partial charge in [0.15, 0.2) is 0 Å². The fourth-order valence-corrected chi connectivity index (χ4v) is 2.55. The lowest BCUT2D eigenvalue weighted by molar-refractivity contribution is -0.105. The molecule has 82 valence electrons. The van der Waals surface area contributed by atoms with Crippen molar-refractivity contribution < 1.29 is 9.47 Å². The normalized spacial score (nSPS) is 32.8. The van der Waals surface area contributed by atoms with Crippen LogP contribution in [0.25, 0.3) is 0 Å². The minimum Gasteiger partial charge on any atom is -0.376 e. The molecular weight excluding hydrogens is 178 g/mol. The van der Waals surface area contributed by atoms with Gasteiger partial charge in [0.1, 0.15) is 0 Å². The van der Waals surface area contributed by atoms with Crippen LogP contribution in [0.1, 0.15) is 32.1 Å². The molecular formula is C11H21NO2. The molecule has 0 aromatic rings. The van der Waals surface area contributed by atoms with Gasteiger partial charge in [0.2, 0.25) is 0 Å². The molecule has 0 bridgehead atoms. The van der Waals surface area contributed by atoms with Crippen LogP contribution < -0.4 is 5.73 Å². The van der Waals surface area contributed by atoms with Crippen LogP contribution in [0.15, 0.2) is 0 Å². The Hall–Kier alpha value is -0.120. The molecule has 14 heavy (non-hydrogen) atoms. The zero-order chi connectivity index (χ0) is 9.80. The van der Waals surface area contributed by atoms with Gasteiger partial charge >= 0.3 is 0 Å². The van der Waals surface area contributed by atoms with Crippen molar-refractivity contribution in [2.45, 2.75) is 44.2 Å². The molecule has 3 heteroatoms. The molecule has 1 heterocycles. The summed E-state index contributed by atoms with van der Waals surface area (Å²) < 4.78 is 11.0. The summed E-state index contributed by atoms with van der Waals surface area (Å²) in [5.74, 6) is 0.662. The third-order valence-corrected chi connectivity index (χ3v) is 3.47. The van der Waals surface area contributed by atoms with Gasteiger partial charge in [-0.2, -0.15) is 0 Å². The molecule has 2 aliphatic rings. The lowest BCUT2D eigenvalue weighted by Crippen LogP contribution is -2.48. The molecule has 2 rings (SSSR count). The van der Waals surface area contributed by atoms with E-state index in [0.29, 0.717) is 19.1 Å². The first-order valence-electron chi connectivity index (χ1n) is 5.83. The van der Waals surface area contributed by atoms with Gasteiger partial charge in [-0.3, -0.25) is 0 Å². The fraction of sp³-hybridized carbons (Fsp3) is 1.00. The Kier molecular flexibility index (Phi) is 3.79. The molecule has 1 saturated carbocycles. The van der Waals surface area contributed by atoms with Crippen molar-refractivity contribution in [3.05, 3.63) is 0 Å². The lowest BCUT2D eigenvalue weighted by Gasteiger charge is -2.34. The van der Waals surface area contributed by atoms with E-state index in [1.165, 1.54) is 32.1 Å². The molecule has 3 nitrogen and oxygen atoms in total. The summed E-state index contributed by atoms with van der Waals surface area (Å²) in [6.45, 7) is 2.14. The zero-order valence-electron chi connectivity index (χ0n) is 8.78. The first-order valence-corrected chi connectivity index (χ1v) is 5.83. The average molecular weight is 199 g/mol. The number of rotatable bonds is 2. The Bertz CT molecular complexity index is 145. The number of ether oxygens (including phenoxy) is 2. The third-order valence-electron chi connectivity index (χ3n) is 3.47. The standard InChI is InChI=1S/C11H21NO2/c12-11(9-4-2-1-3-5-9)10-8-13-6-7-14-10/h9-11H,1-8,12H2. The third kappa shape index (κ3) is 2.47. The van der Waals surface area contributed by atoms with Crippen LogP contribution in [0.5, 0.6) is 0 Å². The highest BCUT2D eigenvalue weighted by molar-refractivity contribution is 4.84. The van der Waals surface area contributed by atoms with E-state index in [4.69, 9.17) is 15.2 Å². The lowest BCUT2D eigenvalue weighted by atomic mass is 9.82. The van der Waals surface area contributed by atoms with Crippen LogP contribution in [0.2, 0.25) is 0 Å². The van der Waals surface area contributed by atoms with Gasteiger partial charge in [-0.25, -0.2) is 0 Å². The topological polar surface area (TPSA) is 44.5 Å². The predicted octanol–water partition coefficient (Wildman–Crippen LogP) is 1.31. The van der Waals surface area contributed by atoms with E-state index in [9.17, 15) is 0 Å². The van der Waals surface area contributed by atoms with Crippen molar-refractivity contribution in [2.75, 3.05) is 19.8 Å². The van der Waals surface area contributed by atoms with Crippen molar-refractivity contribution >= 4 is 0 Å². The first kappa shape index (κ1) is 10.4. The van der Waals surface area contributed by atoms with Crippen molar-refractivity contribution in [3.63, 3.8) is 0 Å². The largest absolute Gasteiger partial charge is 0.376 e. The Morgan fingerprint density at radius 2 is 1.86 bits per heavy atom. The quantitative estimate of drug-likeness (QED) is 0.729. The van der Waals surface area contributed by atoms with E-state index in [1.807, 2.05) is 0 Å². The molecule has 2 N–H and O–H groups in total. The van der Waals surface area contributed by atoms with Crippen molar-refractivity contribution in [3.8, 4) is 0 Å². The molecule has 1 saturated heterocycles. The monoisotopic (exact) mass is 199 g/mol. The van der Waals surface area contributed by atoms with Crippen LogP contribution >= 0.6 is 0 Å². The highest BCUT2D eigenvalue weighted by atomic mass is 16.6. The van der Waals surface area contributed by atoms with Crippen LogP contribution in [0.3, 0.4) is 0 Å². The second-order valence-electron chi connectivity index (χ2n) is 4.46. The highest BCUT2D eigenvalue weighted by Crippen LogP contribution is 2.28. The smallest absolute Gasteiger partial charge is 0.0962 e. The Morgan fingerprint density at radius 3 is 2.50 bits per heavy atom. The molecule has 1 aliphatic heterocycles. The van der Waals surface area contributed by atoms with E-state index in [2.05, 4.69) is 0 Å². The van der Waals surface area contributed by atoms with Crippen molar-refractivity contribution in [2.24, 2.45) is 11.7 Å². The molecule has 1 aliphatic carbocycles. The minimum atomic E-state index is 0.145. The van der Waals surface area contributed by atoms with E-state index in [0.717, 1.165) is 6.61 Å². The van der Waals surface area contributed by atoms with E-state index in [-0.39, 0.29) is 12.1 Å². The second kappa shape index (κ2) is 5.10. The van der Waals surface area contributed by atoms with Gasteiger partial charge in [0, 0.05) is 6.04 Å². The van der Waals surface area contributed by atoms with Gasteiger partial charge in [0.05, 0.1) is 25.9 Å². The SMILES string of the molecule is NC(C1CCCCC1)C1COCCO1. The van der Waals surface area contributed by atoms with Gasteiger partial charge in [0.25, 0.3) is 0 Å². The summed E-state index contributed by atoms with van der Waals surface area (Å²) in [7, 11) is 0. The van der Waals surface area contributed by atoms with Gasteiger partial charge in [-0.05, 0) is 18.8 Å². The summed E-state index contributed by atoms with van der Waals surface area (Å²) in [5.41, 5.74) is 6.22. The zero-order valence-corrected chi connectivity index (χ0v) is 8.78. The number of nitrogens with two attached hydrogens (primary N) is 1. The second-order valence-corrected chi connectivity index (χ2v) is 4.46. The summed E-state index contributed by atoms with van der Waals surface area (Å²) in [4.78, 5) is 0. The van der Waals surface area contributed by atoms with E-state index >= 15 is 0 Å². The minimum absolute atomic E-state index is 0.145.